The zero-order valence-electron chi connectivity index (χ0n) is 12.3. The summed E-state index contributed by atoms with van der Waals surface area (Å²) in [6, 6.07) is 7.21. The number of nitrogens with zero attached hydrogens (tertiary/aromatic N) is 1. The number of benzene rings is 1. The second kappa shape index (κ2) is 7.47. The molecular weight excluding hydrogens is 304 g/mol. The lowest BCUT2D eigenvalue weighted by atomic mass is 10.0. The first-order valence-corrected chi connectivity index (χ1v) is 7.44. The molecule has 22 heavy (non-hydrogen) atoms. The predicted octanol–water partition coefficient (Wildman–Crippen LogP) is 1.72. The van der Waals surface area contributed by atoms with E-state index in [1.807, 2.05) is 24.3 Å². The molecule has 1 aromatic rings. The Hall–Kier alpha value is -1.79. The molecule has 2 aliphatic heterocycles. The van der Waals surface area contributed by atoms with E-state index in [4.69, 9.17) is 0 Å². The van der Waals surface area contributed by atoms with Gasteiger partial charge in [-0.2, -0.15) is 0 Å². The van der Waals surface area contributed by atoms with Crippen LogP contribution in [0, 0.1) is 0 Å². The largest absolute Gasteiger partial charge is 0.336 e. The van der Waals surface area contributed by atoms with Crippen LogP contribution >= 0.6 is 12.4 Å². The SMILES string of the molecule is Cl.O=C(Nc1cccc(N2CCNC2=O)c1)[C@H]1CCCCN1. The number of hydrogen-bond donors (Lipinski definition) is 3. The third-order valence-electron chi connectivity index (χ3n) is 3.91. The van der Waals surface area contributed by atoms with Gasteiger partial charge in [-0.05, 0) is 37.6 Å². The molecule has 120 valence electrons. The van der Waals surface area contributed by atoms with Crippen LogP contribution in [0.4, 0.5) is 16.2 Å². The summed E-state index contributed by atoms with van der Waals surface area (Å²) < 4.78 is 0. The minimum atomic E-state index is -0.113. The van der Waals surface area contributed by atoms with Gasteiger partial charge in [0.1, 0.15) is 0 Å². The van der Waals surface area contributed by atoms with Crippen LogP contribution < -0.4 is 20.9 Å². The molecule has 1 atom stereocenters. The van der Waals surface area contributed by atoms with Crippen molar-refractivity contribution in [1.82, 2.24) is 10.6 Å². The number of carbonyl (C=O) groups excluding carboxylic acids is 2. The van der Waals surface area contributed by atoms with Gasteiger partial charge in [0.25, 0.3) is 0 Å². The Balaban J connectivity index is 0.00000176. The summed E-state index contributed by atoms with van der Waals surface area (Å²) >= 11 is 0. The van der Waals surface area contributed by atoms with Crippen molar-refractivity contribution in [2.75, 3.05) is 29.9 Å². The fraction of sp³-hybridized carbons (Fsp3) is 0.467. The average Bonchev–Trinajstić information content (AvgIpc) is 2.94. The van der Waals surface area contributed by atoms with Crippen molar-refractivity contribution >= 4 is 35.7 Å². The number of urea groups is 1. The number of anilines is 2. The van der Waals surface area contributed by atoms with Crippen molar-refractivity contribution in [3.05, 3.63) is 24.3 Å². The minimum absolute atomic E-state index is 0. The van der Waals surface area contributed by atoms with E-state index in [1.165, 1.54) is 0 Å². The van der Waals surface area contributed by atoms with Crippen molar-refractivity contribution in [2.24, 2.45) is 0 Å². The highest BCUT2D eigenvalue weighted by molar-refractivity contribution is 5.97. The maximum absolute atomic E-state index is 12.2. The Morgan fingerprint density at radius 2 is 2.14 bits per heavy atom. The van der Waals surface area contributed by atoms with E-state index in [-0.39, 0.29) is 30.4 Å². The smallest absolute Gasteiger partial charge is 0.321 e. The highest BCUT2D eigenvalue weighted by atomic mass is 35.5. The first-order valence-electron chi connectivity index (χ1n) is 7.44. The topological polar surface area (TPSA) is 73.5 Å². The van der Waals surface area contributed by atoms with Crippen LogP contribution in [0.15, 0.2) is 24.3 Å². The standard InChI is InChI=1S/C15H20N4O2.ClH/c20-14(13-6-1-2-7-16-13)18-11-4-3-5-12(10-11)19-9-8-17-15(19)21;/h3-5,10,13,16H,1-2,6-9H2,(H,17,21)(H,18,20);1H/t13-;/m1./s1. The number of halogens is 1. The van der Waals surface area contributed by atoms with Gasteiger partial charge < -0.3 is 16.0 Å². The lowest BCUT2D eigenvalue weighted by Gasteiger charge is -2.23. The molecule has 3 rings (SSSR count). The zero-order chi connectivity index (χ0) is 14.7. The van der Waals surface area contributed by atoms with E-state index < -0.39 is 0 Å². The summed E-state index contributed by atoms with van der Waals surface area (Å²) in [5.41, 5.74) is 1.53. The van der Waals surface area contributed by atoms with E-state index >= 15 is 0 Å². The van der Waals surface area contributed by atoms with Gasteiger partial charge in [0, 0.05) is 24.5 Å². The van der Waals surface area contributed by atoms with Crippen LogP contribution in [0.25, 0.3) is 0 Å². The first-order chi connectivity index (χ1) is 10.2. The van der Waals surface area contributed by atoms with E-state index in [9.17, 15) is 9.59 Å². The maximum Gasteiger partial charge on any atom is 0.321 e. The molecule has 0 aliphatic carbocycles. The van der Waals surface area contributed by atoms with Gasteiger partial charge >= 0.3 is 6.03 Å². The van der Waals surface area contributed by atoms with Crippen LogP contribution in [0.3, 0.4) is 0 Å². The van der Waals surface area contributed by atoms with E-state index in [1.54, 1.807) is 4.90 Å². The van der Waals surface area contributed by atoms with E-state index in [2.05, 4.69) is 16.0 Å². The van der Waals surface area contributed by atoms with Crippen LogP contribution in [0.2, 0.25) is 0 Å². The van der Waals surface area contributed by atoms with Crippen molar-refractivity contribution in [2.45, 2.75) is 25.3 Å². The molecular formula is C15H21ClN4O2. The fourth-order valence-corrected chi connectivity index (χ4v) is 2.77. The van der Waals surface area contributed by atoms with E-state index in [0.717, 1.165) is 37.2 Å². The van der Waals surface area contributed by atoms with Gasteiger partial charge in [-0.25, -0.2) is 4.79 Å². The minimum Gasteiger partial charge on any atom is -0.336 e. The second-order valence-corrected chi connectivity index (χ2v) is 5.43. The number of hydrogen-bond acceptors (Lipinski definition) is 3. The summed E-state index contributed by atoms with van der Waals surface area (Å²) in [4.78, 5) is 25.5. The van der Waals surface area contributed by atoms with Crippen LogP contribution in [0.1, 0.15) is 19.3 Å². The fourth-order valence-electron chi connectivity index (χ4n) is 2.77. The third-order valence-corrected chi connectivity index (χ3v) is 3.91. The highest BCUT2D eigenvalue weighted by Crippen LogP contribution is 2.21. The van der Waals surface area contributed by atoms with Crippen molar-refractivity contribution in [3.8, 4) is 0 Å². The molecule has 2 heterocycles. The summed E-state index contributed by atoms with van der Waals surface area (Å²) in [6.07, 6.45) is 3.09. The number of nitrogens with one attached hydrogen (secondary N) is 3. The molecule has 0 spiro atoms. The molecule has 7 heteroatoms. The highest BCUT2D eigenvalue weighted by Gasteiger charge is 2.23. The molecule has 0 unspecified atom stereocenters. The van der Waals surface area contributed by atoms with Gasteiger partial charge in [-0.15, -0.1) is 12.4 Å². The molecule has 0 bridgehead atoms. The van der Waals surface area contributed by atoms with Crippen molar-refractivity contribution < 1.29 is 9.59 Å². The van der Waals surface area contributed by atoms with E-state index in [0.29, 0.717) is 13.1 Å². The second-order valence-electron chi connectivity index (χ2n) is 5.43. The van der Waals surface area contributed by atoms with Gasteiger partial charge in [0.05, 0.1) is 6.04 Å². The summed E-state index contributed by atoms with van der Waals surface area (Å²) in [7, 11) is 0. The van der Waals surface area contributed by atoms with Crippen LogP contribution in [-0.2, 0) is 4.79 Å². The van der Waals surface area contributed by atoms with Gasteiger partial charge in [0.15, 0.2) is 0 Å². The lowest BCUT2D eigenvalue weighted by Crippen LogP contribution is -2.43. The van der Waals surface area contributed by atoms with Crippen molar-refractivity contribution in [3.63, 3.8) is 0 Å². The van der Waals surface area contributed by atoms with Gasteiger partial charge in [-0.3, -0.25) is 9.69 Å². The predicted molar refractivity (Wildman–Crippen MR) is 88.7 cm³/mol. The molecule has 0 aromatic heterocycles. The molecule has 2 fully saturated rings. The zero-order valence-corrected chi connectivity index (χ0v) is 13.1. The Morgan fingerprint density at radius 3 is 2.82 bits per heavy atom. The number of carbonyl (C=O) groups is 2. The molecule has 6 nitrogen and oxygen atoms in total. The molecule has 2 saturated heterocycles. The lowest BCUT2D eigenvalue weighted by molar-refractivity contribution is -0.118. The van der Waals surface area contributed by atoms with Crippen molar-refractivity contribution in [1.29, 1.82) is 0 Å². The summed E-state index contributed by atoms with van der Waals surface area (Å²) in [5, 5.41) is 8.93. The number of piperidine rings is 1. The molecule has 2 aliphatic rings. The molecule has 0 saturated carbocycles. The van der Waals surface area contributed by atoms with Crippen LogP contribution in [-0.4, -0.2) is 37.6 Å². The number of amides is 3. The Kier molecular flexibility index (Phi) is 5.63. The molecule has 1 aromatic carbocycles. The Bertz CT molecular complexity index is 546. The quantitative estimate of drug-likeness (QED) is 0.792. The van der Waals surface area contributed by atoms with Crippen LogP contribution in [0.5, 0.6) is 0 Å². The Labute approximate surface area is 136 Å². The van der Waals surface area contributed by atoms with Gasteiger partial charge in [0.2, 0.25) is 5.91 Å². The Morgan fingerprint density at radius 1 is 1.27 bits per heavy atom. The summed E-state index contributed by atoms with van der Waals surface area (Å²) in [5.74, 6) is -0.00211. The molecule has 3 amide bonds. The normalized spacial score (nSPS) is 21.0. The maximum atomic E-state index is 12.2. The summed E-state index contributed by atoms with van der Waals surface area (Å²) in [6.45, 7) is 2.20. The first kappa shape index (κ1) is 16.6. The average molecular weight is 325 g/mol. The monoisotopic (exact) mass is 324 g/mol. The molecule has 0 radical (unpaired) electrons. The third kappa shape index (κ3) is 3.69. The molecule has 3 N–H and O–H groups in total. The number of rotatable bonds is 3. The van der Waals surface area contributed by atoms with Gasteiger partial charge in [-0.1, -0.05) is 12.5 Å².